The van der Waals surface area contributed by atoms with Crippen molar-refractivity contribution in [2.24, 2.45) is 0 Å². The van der Waals surface area contributed by atoms with Gasteiger partial charge in [0.2, 0.25) is 10.0 Å². The van der Waals surface area contributed by atoms with Gasteiger partial charge in [0, 0.05) is 26.2 Å². The van der Waals surface area contributed by atoms with E-state index in [4.69, 9.17) is 0 Å². The van der Waals surface area contributed by atoms with Crippen molar-refractivity contribution in [3.63, 3.8) is 0 Å². The zero-order valence-electron chi connectivity index (χ0n) is 6.58. The summed E-state index contributed by atoms with van der Waals surface area (Å²) in [5.74, 6) is 1.25. The summed E-state index contributed by atoms with van der Waals surface area (Å²) in [7, 11) is -3.05. The van der Waals surface area contributed by atoms with Crippen LogP contribution in [0.1, 0.15) is 6.92 Å². The zero-order chi connectivity index (χ0) is 8.32. The minimum absolute atomic E-state index is 0.590. The number of sulfonamides is 1. The van der Waals surface area contributed by atoms with E-state index in [-0.39, 0.29) is 0 Å². The molecular weight excluding hydrogens is 164 g/mol. The van der Waals surface area contributed by atoms with Gasteiger partial charge < -0.3 is 5.32 Å². The molecular formula is C6H13N2O2S. The quantitative estimate of drug-likeness (QED) is 0.613. The van der Waals surface area contributed by atoms with Crippen molar-refractivity contribution >= 4 is 10.0 Å². The molecule has 0 aliphatic carbocycles. The molecule has 0 aromatic carbocycles. The molecule has 0 aromatic rings. The topological polar surface area (TPSA) is 49.4 Å². The lowest BCUT2D eigenvalue weighted by Gasteiger charge is -2.25. The van der Waals surface area contributed by atoms with Crippen LogP contribution in [0.3, 0.4) is 0 Å². The minimum atomic E-state index is -3.05. The van der Waals surface area contributed by atoms with Crippen LogP contribution in [0.15, 0.2) is 0 Å². The van der Waals surface area contributed by atoms with E-state index in [2.05, 4.69) is 5.32 Å². The van der Waals surface area contributed by atoms with Gasteiger partial charge in [-0.1, -0.05) is 0 Å². The second kappa shape index (κ2) is 3.51. The molecule has 5 heteroatoms. The van der Waals surface area contributed by atoms with Gasteiger partial charge in [-0.3, -0.25) is 0 Å². The molecule has 1 heterocycles. The highest BCUT2D eigenvalue weighted by Gasteiger charge is 2.21. The largest absolute Gasteiger partial charge is 0.314 e. The molecule has 1 N–H and O–H groups in total. The van der Waals surface area contributed by atoms with Crippen molar-refractivity contribution in [3.05, 3.63) is 5.75 Å². The summed E-state index contributed by atoms with van der Waals surface area (Å²) in [4.78, 5) is 0. The van der Waals surface area contributed by atoms with Gasteiger partial charge in [-0.25, -0.2) is 8.42 Å². The van der Waals surface area contributed by atoms with Gasteiger partial charge in [0.25, 0.3) is 0 Å². The molecule has 1 aliphatic rings. The van der Waals surface area contributed by atoms with Crippen LogP contribution in [0.4, 0.5) is 0 Å². The smallest absolute Gasteiger partial charge is 0.218 e. The molecule has 1 rings (SSSR count). The fraction of sp³-hybridized carbons (Fsp3) is 0.833. The normalized spacial score (nSPS) is 21.9. The minimum Gasteiger partial charge on any atom is -0.314 e. The van der Waals surface area contributed by atoms with Crippen LogP contribution >= 0.6 is 0 Å². The van der Waals surface area contributed by atoms with Crippen LogP contribution in [0.2, 0.25) is 0 Å². The van der Waals surface area contributed by atoms with E-state index < -0.39 is 10.0 Å². The molecule has 1 aliphatic heterocycles. The van der Waals surface area contributed by atoms with E-state index in [0.717, 1.165) is 13.1 Å². The van der Waals surface area contributed by atoms with Crippen molar-refractivity contribution < 1.29 is 8.42 Å². The molecule has 65 valence electrons. The maximum Gasteiger partial charge on any atom is 0.218 e. The first-order valence-corrected chi connectivity index (χ1v) is 5.17. The molecule has 1 fully saturated rings. The molecule has 1 saturated heterocycles. The van der Waals surface area contributed by atoms with Gasteiger partial charge in [-0.2, -0.15) is 4.31 Å². The van der Waals surface area contributed by atoms with Crippen molar-refractivity contribution in [3.8, 4) is 0 Å². The molecule has 0 amide bonds. The first-order chi connectivity index (χ1) is 5.17. The summed E-state index contributed by atoms with van der Waals surface area (Å²) in [5.41, 5.74) is 0. The van der Waals surface area contributed by atoms with Gasteiger partial charge in [0.1, 0.15) is 0 Å². The van der Waals surface area contributed by atoms with Crippen LogP contribution < -0.4 is 5.32 Å². The van der Waals surface area contributed by atoms with Crippen LogP contribution in [-0.2, 0) is 10.0 Å². The SMILES string of the molecule is C[CH]S(=O)(=O)N1CCNCC1. The third kappa shape index (κ3) is 2.15. The molecule has 0 atom stereocenters. The number of hydrogen-bond donors (Lipinski definition) is 1. The highest BCUT2D eigenvalue weighted by Crippen LogP contribution is 2.04. The van der Waals surface area contributed by atoms with Gasteiger partial charge in [0.05, 0.1) is 5.75 Å². The first kappa shape index (κ1) is 8.96. The maximum atomic E-state index is 11.2. The summed E-state index contributed by atoms with van der Waals surface area (Å²) in [6.07, 6.45) is 0. The molecule has 0 aromatic heterocycles. The number of piperazine rings is 1. The fourth-order valence-electron chi connectivity index (χ4n) is 1.05. The molecule has 0 unspecified atom stereocenters. The van der Waals surface area contributed by atoms with Crippen LogP contribution in [-0.4, -0.2) is 38.9 Å². The van der Waals surface area contributed by atoms with E-state index in [1.807, 2.05) is 0 Å². The Labute approximate surface area is 67.6 Å². The summed E-state index contributed by atoms with van der Waals surface area (Å²) in [5, 5.41) is 3.09. The fourth-order valence-corrected chi connectivity index (χ4v) is 2.04. The van der Waals surface area contributed by atoms with E-state index in [0.29, 0.717) is 13.1 Å². The first-order valence-electron chi connectivity index (χ1n) is 3.67. The van der Waals surface area contributed by atoms with Gasteiger partial charge in [0.15, 0.2) is 0 Å². The number of nitrogens with zero attached hydrogens (tertiary/aromatic N) is 1. The molecule has 1 radical (unpaired) electrons. The molecule has 0 saturated carbocycles. The van der Waals surface area contributed by atoms with Crippen molar-refractivity contribution in [2.45, 2.75) is 6.92 Å². The van der Waals surface area contributed by atoms with Crippen LogP contribution in [0.25, 0.3) is 0 Å². The second-order valence-corrected chi connectivity index (χ2v) is 4.45. The molecule has 0 spiro atoms. The molecule has 4 nitrogen and oxygen atoms in total. The number of nitrogens with one attached hydrogen (secondary N) is 1. The third-order valence-corrected chi connectivity index (χ3v) is 3.41. The Morgan fingerprint density at radius 3 is 2.36 bits per heavy atom. The zero-order valence-corrected chi connectivity index (χ0v) is 7.39. The monoisotopic (exact) mass is 177 g/mol. The molecule has 11 heavy (non-hydrogen) atoms. The highest BCUT2D eigenvalue weighted by molar-refractivity contribution is 7.91. The number of hydrogen-bond acceptors (Lipinski definition) is 3. The Morgan fingerprint density at radius 1 is 1.36 bits per heavy atom. The van der Waals surface area contributed by atoms with Crippen LogP contribution in [0.5, 0.6) is 0 Å². The highest BCUT2D eigenvalue weighted by atomic mass is 32.2. The van der Waals surface area contributed by atoms with E-state index in [1.54, 1.807) is 6.92 Å². The third-order valence-electron chi connectivity index (χ3n) is 1.73. The average Bonchev–Trinajstić information content (AvgIpc) is 2.06. The lowest BCUT2D eigenvalue weighted by atomic mass is 10.4. The molecule has 0 bridgehead atoms. The van der Waals surface area contributed by atoms with Gasteiger partial charge >= 0.3 is 0 Å². The Kier molecular flexibility index (Phi) is 2.86. The van der Waals surface area contributed by atoms with Crippen LogP contribution in [0, 0.1) is 5.75 Å². The summed E-state index contributed by atoms with van der Waals surface area (Å²) < 4.78 is 23.9. The van der Waals surface area contributed by atoms with E-state index in [1.165, 1.54) is 10.1 Å². The Hall–Kier alpha value is -0.130. The Bertz CT molecular complexity index is 207. The summed E-state index contributed by atoms with van der Waals surface area (Å²) in [6, 6.07) is 0. The lowest BCUT2D eigenvalue weighted by Crippen LogP contribution is -2.46. The predicted molar refractivity (Wildman–Crippen MR) is 43.3 cm³/mol. The lowest BCUT2D eigenvalue weighted by molar-refractivity contribution is 0.363. The maximum absolute atomic E-state index is 11.2. The van der Waals surface area contributed by atoms with Crippen molar-refractivity contribution in [1.82, 2.24) is 9.62 Å². The van der Waals surface area contributed by atoms with E-state index >= 15 is 0 Å². The Morgan fingerprint density at radius 2 is 1.91 bits per heavy atom. The second-order valence-electron chi connectivity index (χ2n) is 2.43. The van der Waals surface area contributed by atoms with Gasteiger partial charge in [-0.05, 0) is 6.92 Å². The summed E-state index contributed by atoms with van der Waals surface area (Å²) in [6.45, 7) is 4.25. The predicted octanol–water partition coefficient (Wildman–Crippen LogP) is -0.597. The van der Waals surface area contributed by atoms with E-state index in [9.17, 15) is 8.42 Å². The Balaban J connectivity index is 2.58. The average molecular weight is 177 g/mol. The standard InChI is InChI=1S/C6H13N2O2S/c1-2-11(9,10)8-5-3-7-4-6-8/h2,7H,3-6H2,1H3. The van der Waals surface area contributed by atoms with Gasteiger partial charge in [-0.15, -0.1) is 0 Å². The van der Waals surface area contributed by atoms with Crippen molar-refractivity contribution in [2.75, 3.05) is 26.2 Å². The number of rotatable bonds is 2. The van der Waals surface area contributed by atoms with Crippen molar-refractivity contribution in [1.29, 1.82) is 0 Å². The summed E-state index contributed by atoms with van der Waals surface area (Å²) >= 11 is 0.